The van der Waals surface area contributed by atoms with E-state index in [9.17, 15) is 23.1 Å². The SMILES string of the molecule is O=C(O)N1CC[C@H]([C@@H](CO)Oc2ccc(C(F)(F)F)cc2)C1. The molecule has 0 bridgehead atoms. The summed E-state index contributed by atoms with van der Waals surface area (Å²) < 4.78 is 42.9. The Labute approximate surface area is 124 Å². The number of ether oxygens (including phenoxy) is 1. The van der Waals surface area contributed by atoms with Crippen LogP contribution in [0.15, 0.2) is 24.3 Å². The van der Waals surface area contributed by atoms with Crippen LogP contribution < -0.4 is 4.74 Å². The van der Waals surface area contributed by atoms with E-state index in [1.165, 1.54) is 17.0 Å². The van der Waals surface area contributed by atoms with Crippen molar-refractivity contribution in [3.05, 3.63) is 29.8 Å². The summed E-state index contributed by atoms with van der Waals surface area (Å²) in [5, 5.41) is 18.3. The minimum Gasteiger partial charge on any atom is -0.488 e. The second-order valence-electron chi connectivity index (χ2n) is 5.14. The van der Waals surface area contributed by atoms with Crippen LogP contribution in [0.25, 0.3) is 0 Å². The zero-order valence-electron chi connectivity index (χ0n) is 11.6. The summed E-state index contributed by atoms with van der Waals surface area (Å²) in [7, 11) is 0. The van der Waals surface area contributed by atoms with Gasteiger partial charge < -0.3 is 19.8 Å². The van der Waals surface area contributed by atoms with E-state index >= 15 is 0 Å². The number of carboxylic acid groups (broad SMARTS) is 1. The third kappa shape index (κ3) is 3.82. The molecule has 0 aliphatic carbocycles. The van der Waals surface area contributed by atoms with E-state index in [4.69, 9.17) is 9.84 Å². The third-order valence-corrected chi connectivity index (χ3v) is 3.67. The zero-order valence-corrected chi connectivity index (χ0v) is 11.6. The van der Waals surface area contributed by atoms with E-state index < -0.39 is 23.9 Å². The van der Waals surface area contributed by atoms with Crippen LogP contribution in [0.3, 0.4) is 0 Å². The first-order chi connectivity index (χ1) is 10.3. The molecule has 1 fully saturated rings. The molecule has 1 heterocycles. The van der Waals surface area contributed by atoms with Gasteiger partial charge in [0.25, 0.3) is 0 Å². The smallest absolute Gasteiger partial charge is 0.416 e. The number of hydrogen-bond acceptors (Lipinski definition) is 3. The highest BCUT2D eigenvalue weighted by Gasteiger charge is 2.33. The van der Waals surface area contributed by atoms with Crippen molar-refractivity contribution in [2.75, 3.05) is 19.7 Å². The maximum atomic E-state index is 12.5. The van der Waals surface area contributed by atoms with Crippen LogP contribution in [-0.4, -0.2) is 47.0 Å². The van der Waals surface area contributed by atoms with Gasteiger partial charge in [0.2, 0.25) is 0 Å². The van der Waals surface area contributed by atoms with Crippen molar-refractivity contribution >= 4 is 6.09 Å². The number of halogens is 3. The van der Waals surface area contributed by atoms with Gasteiger partial charge in [-0.1, -0.05) is 0 Å². The first-order valence-electron chi connectivity index (χ1n) is 6.74. The number of benzene rings is 1. The molecule has 0 spiro atoms. The van der Waals surface area contributed by atoms with E-state index in [0.29, 0.717) is 13.0 Å². The van der Waals surface area contributed by atoms with E-state index in [1.54, 1.807) is 0 Å². The largest absolute Gasteiger partial charge is 0.488 e. The molecule has 1 aromatic carbocycles. The summed E-state index contributed by atoms with van der Waals surface area (Å²) in [6.45, 7) is 0.257. The molecule has 2 N–H and O–H groups in total. The summed E-state index contributed by atoms with van der Waals surface area (Å²) in [6, 6.07) is 4.19. The van der Waals surface area contributed by atoms with Crippen molar-refractivity contribution in [1.29, 1.82) is 0 Å². The first-order valence-corrected chi connectivity index (χ1v) is 6.74. The molecule has 0 unspecified atom stereocenters. The molecule has 1 amide bonds. The van der Waals surface area contributed by atoms with Crippen LogP contribution in [0.2, 0.25) is 0 Å². The Balaban J connectivity index is 2.00. The van der Waals surface area contributed by atoms with Gasteiger partial charge in [-0.3, -0.25) is 0 Å². The van der Waals surface area contributed by atoms with Gasteiger partial charge in [-0.05, 0) is 30.7 Å². The van der Waals surface area contributed by atoms with Crippen LogP contribution >= 0.6 is 0 Å². The molecule has 122 valence electrons. The number of amides is 1. The van der Waals surface area contributed by atoms with Crippen LogP contribution in [-0.2, 0) is 6.18 Å². The third-order valence-electron chi connectivity index (χ3n) is 3.67. The molecule has 0 aromatic heterocycles. The number of likely N-dealkylation sites (tertiary alicyclic amines) is 1. The van der Waals surface area contributed by atoms with Gasteiger partial charge >= 0.3 is 12.3 Å². The lowest BCUT2D eigenvalue weighted by molar-refractivity contribution is -0.137. The van der Waals surface area contributed by atoms with Gasteiger partial charge in [-0.15, -0.1) is 0 Å². The molecule has 8 heteroatoms. The molecule has 1 aromatic rings. The van der Waals surface area contributed by atoms with Crippen LogP contribution in [0, 0.1) is 5.92 Å². The summed E-state index contributed by atoms with van der Waals surface area (Å²) in [5.74, 6) is 0.0178. The Morgan fingerprint density at radius 1 is 1.36 bits per heavy atom. The van der Waals surface area contributed by atoms with Crippen molar-refractivity contribution in [2.45, 2.75) is 18.7 Å². The van der Waals surface area contributed by atoms with Gasteiger partial charge in [-0.25, -0.2) is 4.79 Å². The van der Waals surface area contributed by atoms with E-state index in [-0.39, 0.29) is 24.8 Å². The minimum atomic E-state index is -4.41. The fourth-order valence-corrected chi connectivity index (χ4v) is 2.44. The summed E-state index contributed by atoms with van der Waals surface area (Å²) in [5.41, 5.74) is -0.779. The first kappa shape index (κ1) is 16.4. The molecule has 1 aliphatic rings. The van der Waals surface area contributed by atoms with Crippen molar-refractivity contribution in [3.63, 3.8) is 0 Å². The highest BCUT2D eigenvalue weighted by molar-refractivity contribution is 5.65. The van der Waals surface area contributed by atoms with Gasteiger partial charge in [0.05, 0.1) is 12.2 Å². The minimum absolute atomic E-state index is 0.191. The number of aliphatic hydroxyl groups excluding tert-OH is 1. The quantitative estimate of drug-likeness (QED) is 0.894. The van der Waals surface area contributed by atoms with Crippen LogP contribution in [0.4, 0.5) is 18.0 Å². The van der Waals surface area contributed by atoms with Gasteiger partial charge in [0.1, 0.15) is 11.9 Å². The van der Waals surface area contributed by atoms with Crippen molar-refractivity contribution in [3.8, 4) is 5.75 Å². The molecular formula is C14H16F3NO4. The number of hydrogen-bond donors (Lipinski definition) is 2. The Morgan fingerprint density at radius 2 is 2.00 bits per heavy atom. The molecular weight excluding hydrogens is 303 g/mol. The van der Waals surface area contributed by atoms with Gasteiger partial charge in [0.15, 0.2) is 0 Å². The van der Waals surface area contributed by atoms with E-state index in [1.807, 2.05) is 0 Å². The highest BCUT2D eigenvalue weighted by atomic mass is 19.4. The fourth-order valence-electron chi connectivity index (χ4n) is 2.44. The highest BCUT2D eigenvalue weighted by Crippen LogP contribution is 2.31. The Kier molecular flexibility index (Phi) is 4.80. The number of alkyl halides is 3. The molecule has 0 saturated carbocycles. The van der Waals surface area contributed by atoms with Crippen molar-refractivity contribution < 1.29 is 32.9 Å². The van der Waals surface area contributed by atoms with Gasteiger partial charge in [-0.2, -0.15) is 13.2 Å². The second kappa shape index (κ2) is 6.43. The number of rotatable bonds is 4. The molecule has 1 saturated heterocycles. The van der Waals surface area contributed by atoms with Crippen molar-refractivity contribution in [2.24, 2.45) is 5.92 Å². The fraction of sp³-hybridized carbons (Fsp3) is 0.500. The number of carbonyl (C=O) groups is 1. The number of aliphatic hydroxyl groups is 1. The standard InChI is InChI=1S/C14H16F3NO4/c15-14(16,17)10-1-3-11(4-2-10)22-12(8-19)9-5-6-18(7-9)13(20)21/h1-4,9,12,19H,5-8H2,(H,20,21)/t9-,12+/m0/s1. The lowest BCUT2D eigenvalue weighted by Crippen LogP contribution is -2.34. The van der Waals surface area contributed by atoms with Gasteiger partial charge in [0, 0.05) is 19.0 Å². The molecule has 2 atom stereocenters. The topological polar surface area (TPSA) is 70.0 Å². The predicted molar refractivity (Wildman–Crippen MR) is 70.7 cm³/mol. The Morgan fingerprint density at radius 3 is 2.45 bits per heavy atom. The normalized spacial score (nSPS) is 20.0. The lowest BCUT2D eigenvalue weighted by Gasteiger charge is -2.23. The Hall–Kier alpha value is -1.96. The second-order valence-corrected chi connectivity index (χ2v) is 5.14. The van der Waals surface area contributed by atoms with Crippen LogP contribution in [0.1, 0.15) is 12.0 Å². The average Bonchev–Trinajstić information content (AvgIpc) is 2.94. The summed E-state index contributed by atoms with van der Waals surface area (Å²) in [4.78, 5) is 12.1. The molecule has 2 rings (SSSR count). The molecule has 1 aliphatic heterocycles. The zero-order chi connectivity index (χ0) is 16.3. The Bertz CT molecular complexity index is 518. The maximum absolute atomic E-state index is 12.5. The number of nitrogens with zero attached hydrogens (tertiary/aromatic N) is 1. The lowest BCUT2D eigenvalue weighted by atomic mass is 10.0. The molecule has 0 radical (unpaired) electrons. The molecule has 22 heavy (non-hydrogen) atoms. The van der Waals surface area contributed by atoms with Crippen molar-refractivity contribution in [1.82, 2.24) is 4.90 Å². The average molecular weight is 319 g/mol. The summed E-state index contributed by atoms with van der Waals surface area (Å²) in [6.07, 6.45) is -5.56. The summed E-state index contributed by atoms with van der Waals surface area (Å²) >= 11 is 0. The molecule has 5 nitrogen and oxygen atoms in total. The van der Waals surface area contributed by atoms with E-state index in [2.05, 4.69) is 0 Å². The van der Waals surface area contributed by atoms with E-state index in [0.717, 1.165) is 12.1 Å². The maximum Gasteiger partial charge on any atom is 0.416 e. The monoisotopic (exact) mass is 319 g/mol. The predicted octanol–water partition coefficient (Wildman–Crippen LogP) is 2.45. The van der Waals surface area contributed by atoms with Crippen LogP contribution in [0.5, 0.6) is 5.75 Å².